The molecule has 0 saturated heterocycles. The molecule has 10 heteroatoms. The zero-order valence-electron chi connectivity index (χ0n) is 14.5. The standard InChI is InChI=1S/C16H21FN6O2S/c1-3-8-19-15(25)10(2)20-13(24)9-26-16-22-21-14(23(16)18)11-4-6-12(17)7-5-11/h4-7,10H,3,8-9,18H2,1-2H3,(H,19,25)(H,20,24)/t10-/m0/s1. The summed E-state index contributed by atoms with van der Waals surface area (Å²) in [5.74, 6) is 5.43. The second kappa shape index (κ2) is 9.18. The first-order valence-corrected chi connectivity index (χ1v) is 9.07. The van der Waals surface area contributed by atoms with Crippen LogP contribution >= 0.6 is 11.8 Å². The molecule has 1 heterocycles. The van der Waals surface area contributed by atoms with Gasteiger partial charge in [0.05, 0.1) is 5.75 Å². The van der Waals surface area contributed by atoms with Crippen LogP contribution in [0, 0.1) is 5.82 Å². The van der Waals surface area contributed by atoms with Crippen molar-refractivity contribution in [1.29, 1.82) is 0 Å². The van der Waals surface area contributed by atoms with Crippen molar-refractivity contribution in [2.45, 2.75) is 31.5 Å². The van der Waals surface area contributed by atoms with E-state index in [1.165, 1.54) is 16.8 Å². The average molecular weight is 380 g/mol. The van der Waals surface area contributed by atoms with Crippen LogP contribution in [0.2, 0.25) is 0 Å². The Morgan fingerprint density at radius 3 is 2.65 bits per heavy atom. The summed E-state index contributed by atoms with van der Waals surface area (Å²) < 4.78 is 14.2. The van der Waals surface area contributed by atoms with Crippen LogP contribution < -0.4 is 16.5 Å². The smallest absolute Gasteiger partial charge is 0.242 e. The SMILES string of the molecule is CCCNC(=O)[C@H](C)NC(=O)CSc1nnc(-c2ccc(F)cc2)n1N. The number of halogens is 1. The van der Waals surface area contributed by atoms with Crippen molar-refractivity contribution in [1.82, 2.24) is 25.5 Å². The molecule has 1 aromatic heterocycles. The van der Waals surface area contributed by atoms with E-state index in [1.54, 1.807) is 19.1 Å². The summed E-state index contributed by atoms with van der Waals surface area (Å²) in [4.78, 5) is 23.7. The van der Waals surface area contributed by atoms with E-state index in [2.05, 4.69) is 20.8 Å². The predicted octanol–water partition coefficient (Wildman–Crippen LogP) is 0.921. The van der Waals surface area contributed by atoms with Gasteiger partial charge in [-0.25, -0.2) is 9.07 Å². The molecule has 0 aliphatic heterocycles. The van der Waals surface area contributed by atoms with E-state index in [4.69, 9.17) is 5.84 Å². The number of hydrogen-bond acceptors (Lipinski definition) is 6. The highest BCUT2D eigenvalue weighted by Crippen LogP contribution is 2.21. The van der Waals surface area contributed by atoms with E-state index in [9.17, 15) is 14.0 Å². The molecule has 0 fully saturated rings. The van der Waals surface area contributed by atoms with Crippen molar-refractivity contribution >= 4 is 23.6 Å². The predicted molar refractivity (Wildman–Crippen MR) is 97.2 cm³/mol. The lowest BCUT2D eigenvalue weighted by Crippen LogP contribution is -2.45. The highest BCUT2D eigenvalue weighted by atomic mass is 32.2. The minimum atomic E-state index is -0.625. The minimum absolute atomic E-state index is 0.0319. The number of benzene rings is 1. The summed E-state index contributed by atoms with van der Waals surface area (Å²) in [6, 6.07) is 5.06. The van der Waals surface area contributed by atoms with Gasteiger partial charge in [0.25, 0.3) is 0 Å². The van der Waals surface area contributed by atoms with Gasteiger partial charge < -0.3 is 16.5 Å². The summed E-state index contributed by atoms with van der Waals surface area (Å²) in [6.07, 6.45) is 0.824. The molecular weight excluding hydrogens is 359 g/mol. The Bertz CT molecular complexity index is 765. The molecule has 2 amide bonds. The molecule has 4 N–H and O–H groups in total. The Morgan fingerprint density at radius 1 is 1.31 bits per heavy atom. The molecule has 0 unspecified atom stereocenters. The first-order chi connectivity index (χ1) is 12.4. The van der Waals surface area contributed by atoms with Crippen molar-refractivity contribution in [2.75, 3.05) is 18.1 Å². The zero-order chi connectivity index (χ0) is 19.1. The van der Waals surface area contributed by atoms with Crippen LogP contribution in [-0.4, -0.2) is 45.0 Å². The van der Waals surface area contributed by atoms with Gasteiger partial charge in [0, 0.05) is 12.1 Å². The monoisotopic (exact) mass is 380 g/mol. The summed E-state index contributed by atoms with van der Waals surface area (Å²) in [5, 5.41) is 13.6. The fourth-order valence-corrected chi connectivity index (χ4v) is 2.72. The second-order valence-electron chi connectivity index (χ2n) is 5.55. The normalized spacial score (nSPS) is 11.8. The lowest BCUT2D eigenvalue weighted by molar-refractivity contribution is -0.127. The van der Waals surface area contributed by atoms with E-state index >= 15 is 0 Å². The van der Waals surface area contributed by atoms with E-state index in [1.807, 2.05) is 6.92 Å². The molecule has 0 aliphatic carbocycles. The fraction of sp³-hybridized carbons (Fsp3) is 0.375. The van der Waals surface area contributed by atoms with Crippen LogP contribution in [0.4, 0.5) is 4.39 Å². The van der Waals surface area contributed by atoms with Gasteiger partial charge in [-0.3, -0.25) is 9.59 Å². The maximum atomic E-state index is 13.0. The average Bonchev–Trinajstić information content (AvgIpc) is 2.99. The van der Waals surface area contributed by atoms with Gasteiger partial charge in [-0.1, -0.05) is 18.7 Å². The number of aromatic nitrogens is 3. The highest BCUT2D eigenvalue weighted by Gasteiger charge is 2.17. The molecule has 0 saturated carbocycles. The first kappa shape index (κ1) is 19.7. The summed E-state index contributed by atoms with van der Waals surface area (Å²) in [6.45, 7) is 4.13. The molecule has 0 radical (unpaired) electrons. The number of amides is 2. The number of nitrogens with two attached hydrogens (primary N) is 1. The number of nitrogens with zero attached hydrogens (tertiary/aromatic N) is 3. The number of carbonyl (C=O) groups is 2. The topological polar surface area (TPSA) is 115 Å². The first-order valence-electron chi connectivity index (χ1n) is 8.08. The third kappa shape index (κ3) is 5.19. The number of rotatable bonds is 8. The molecule has 2 rings (SSSR count). The number of hydrogen-bond donors (Lipinski definition) is 3. The maximum Gasteiger partial charge on any atom is 0.242 e. The quantitative estimate of drug-likeness (QED) is 0.463. The Balaban J connectivity index is 1.90. The number of thioether (sulfide) groups is 1. The van der Waals surface area contributed by atoms with Crippen LogP contribution in [-0.2, 0) is 9.59 Å². The van der Waals surface area contributed by atoms with Crippen LogP contribution in [0.5, 0.6) is 0 Å². The molecule has 0 aliphatic rings. The number of carbonyl (C=O) groups excluding carboxylic acids is 2. The molecule has 8 nitrogen and oxygen atoms in total. The lowest BCUT2D eigenvalue weighted by atomic mass is 10.2. The minimum Gasteiger partial charge on any atom is -0.354 e. The van der Waals surface area contributed by atoms with Crippen molar-refractivity contribution in [3.05, 3.63) is 30.1 Å². The maximum absolute atomic E-state index is 13.0. The Hall–Kier alpha value is -2.62. The molecule has 140 valence electrons. The summed E-state index contributed by atoms with van der Waals surface area (Å²) >= 11 is 1.09. The number of nitrogen functional groups attached to an aromatic ring is 1. The van der Waals surface area contributed by atoms with Crippen LogP contribution in [0.3, 0.4) is 0 Å². The van der Waals surface area contributed by atoms with Crippen LogP contribution in [0.25, 0.3) is 11.4 Å². The van der Waals surface area contributed by atoms with Gasteiger partial charge in [0.1, 0.15) is 11.9 Å². The molecule has 26 heavy (non-hydrogen) atoms. The van der Waals surface area contributed by atoms with Crippen LogP contribution in [0.1, 0.15) is 20.3 Å². The van der Waals surface area contributed by atoms with Gasteiger partial charge in [0.15, 0.2) is 5.82 Å². The summed E-state index contributed by atoms with van der Waals surface area (Å²) in [5.41, 5.74) is 0.610. The summed E-state index contributed by atoms with van der Waals surface area (Å²) in [7, 11) is 0. The van der Waals surface area contributed by atoms with Gasteiger partial charge in [-0.15, -0.1) is 10.2 Å². The second-order valence-corrected chi connectivity index (χ2v) is 6.49. The lowest BCUT2D eigenvalue weighted by Gasteiger charge is -2.13. The van der Waals surface area contributed by atoms with Crippen molar-refractivity contribution in [3.8, 4) is 11.4 Å². The van der Waals surface area contributed by atoms with Gasteiger partial charge in [0.2, 0.25) is 17.0 Å². The highest BCUT2D eigenvalue weighted by molar-refractivity contribution is 7.99. The largest absolute Gasteiger partial charge is 0.354 e. The van der Waals surface area contributed by atoms with Gasteiger partial charge >= 0.3 is 0 Å². The fourth-order valence-electron chi connectivity index (χ4n) is 2.05. The third-order valence-electron chi connectivity index (χ3n) is 3.42. The molecule has 1 aromatic carbocycles. The van der Waals surface area contributed by atoms with E-state index in [0.29, 0.717) is 23.1 Å². The molecule has 1 atom stereocenters. The zero-order valence-corrected chi connectivity index (χ0v) is 15.3. The van der Waals surface area contributed by atoms with Crippen molar-refractivity contribution < 1.29 is 14.0 Å². The molecule has 2 aromatic rings. The van der Waals surface area contributed by atoms with Crippen molar-refractivity contribution in [3.63, 3.8) is 0 Å². The molecule has 0 spiro atoms. The van der Waals surface area contributed by atoms with E-state index in [0.717, 1.165) is 18.2 Å². The van der Waals surface area contributed by atoms with E-state index in [-0.39, 0.29) is 23.4 Å². The third-order valence-corrected chi connectivity index (χ3v) is 4.36. The molecular formula is C16H21FN6O2S. The van der Waals surface area contributed by atoms with Crippen LogP contribution in [0.15, 0.2) is 29.4 Å². The Labute approximate surface area is 154 Å². The number of nitrogens with one attached hydrogen (secondary N) is 2. The van der Waals surface area contributed by atoms with E-state index < -0.39 is 6.04 Å². The molecule has 0 bridgehead atoms. The van der Waals surface area contributed by atoms with Gasteiger partial charge in [-0.2, -0.15) is 0 Å². The van der Waals surface area contributed by atoms with Gasteiger partial charge in [-0.05, 0) is 37.6 Å². The van der Waals surface area contributed by atoms with Crippen molar-refractivity contribution in [2.24, 2.45) is 0 Å². The Morgan fingerprint density at radius 2 is 2.00 bits per heavy atom. The Kier molecular flexibility index (Phi) is 6.96.